The fourth-order valence-corrected chi connectivity index (χ4v) is 2.07. The van der Waals surface area contributed by atoms with Crippen LogP contribution in [-0.2, 0) is 6.42 Å². The van der Waals surface area contributed by atoms with Crippen LogP contribution in [0.3, 0.4) is 0 Å². The minimum absolute atomic E-state index is 0.694. The molecule has 1 aliphatic heterocycles. The molecule has 0 amide bonds. The van der Waals surface area contributed by atoms with Crippen LogP contribution in [0.5, 0.6) is 0 Å². The van der Waals surface area contributed by atoms with Crippen LogP contribution in [0.15, 0.2) is 12.4 Å². The van der Waals surface area contributed by atoms with Crippen molar-refractivity contribution in [2.75, 3.05) is 18.4 Å². The predicted octanol–water partition coefficient (Wildman–Crippen LogP) is 1.59. The Morgan fingerprint density at radius 1 is 1.50 bits per heavy atom. The lowest BCUT2D eigenvalue weighted by molar-refractivity contribution is 0.574. The number of hydrogen-bond acceptors (Lipinski definition) is 4. The maximum absolute atomic E-state index is 4.21. The van der Waals surface area contributed by atoms with Gasteiger partial charge in [0.2, 0.25) is 0 Å². The van der Waals surface area contributed by atoms with Gasteiger partial charge in [-0.05, 0) is 32.2 Å². The molecule has 1 aromatic rings. The van der Waals surface area contributed by atoms with E-state index in [-0.39, 0.29) is 0 Å². The van der Waals surface area contributed by atoms with Crippen LogP contribution < -0.4 is 10.6 Å². The highest BCUT2D eigenvalue weighted by Crippen LogP contribution is 2.09. The van der Waals surface area contributed by atoms with Gasteiger partial charge in [-0.25, -0.2) is 9.97 Å². The van der Waals surface area contributed by atoms with Crippen molar-refractivity contribution in [2.45, 2.75) is 38.6 Å². The van der Waals surface area contributed by atoms with E-state index < -0.39 is 0 Å². The van der Waals surface area contributed by atoms with Gasteiger partial charge in [0.25, 0.3) is 0 Å². The molecular formula is C12H20N4. The molecule has 4 nitrogen and oxygen atoms in total. The monoisotopic (exact) mass is 220 g/mol. The summed E-state index contributed by atoms with van der Waals surface area (Å²) in [5.74, 6) is 0.949. The quantitative estimate of drug-likeness (QED) is 0.791. The fraction of sp³-hybridized carbons (Fsp3) is 0.667. The van der Waals surface area contributed by atoms with E-state index in [1.807, 2.05) is 6.07 Å². The average molecular weight is 220 g/mol. The summed E-state index contributed by atoms with van der Waals surface area (Å²) in [7, 11) is 0. The molecular weight excluding hydrogens is 200 g/mol. The molecule has 0 aromatic carbocycles. The second-order valence-electron chi connectivity index (χ2n) is 4.26. The second kappa shape index (κ2) is 5.80. The van der Waals surface area contributed by atoms with Crippen molar-refractivity contribution in [3.8, 4) is 0 Å². The van der Waals surface area contributed by atoms with Gasteiger partial charge in [-0.2, -0.15) is 0 Å². The average Bonchev–Trinajstić information content (AvgIpc) is 2.82. The van der Waals surface area contributed by atoms with Gasteiger partial charge in [0, 0.05) is 24.3 Å². The summed E-state index contributed by atoms with van der Waals surface area (Å²) in [5.41, 5.74) is 1.09. The molecule has 2 heterocycles. The Morgan fingerprint density at radius 2 is 2.44 bits per heavy atom. The lowest BCUT2D eigenvalue weighted by atomic mass is 10.1. The predicted molar refractivity (Wildman–Crippen MR) is 65.5 cm³/mol. The van der Waals surface area contributed by atoms with Crippen molar-refractivity contribution in [2.24, 2.45) is 0 Å². The van der Waals surface area contributed by atoms with Crippen LogP contribution in [0.25, 0.3) is 0 Å². The van der Waals surface area contributed by atoms with E-state index in [2.05, 4.69) is 27.5 Å². The molecule has 0 aliphatic carbocycles. The topological polar surface area (TPSA) is 49.8 Å². The van der Waals surface area contributed by atoms with E-state index in [4.69, 9.17) is 0 Å². The van der Waals surface area contributed by atoms with Crippen LogP contribution in [-0.4, -0.2) is 29.1 Å². The van der Waals surface area contributed by atoms with Crippen molar-refractivity contribution in [3.63, 3.8) is 0 Å². The maximum Gasteiger partial charge on any atom is 0.129 e. The molecule has 1 aromatic heterocycles. The number of nitrogens with one attached hydrogen (secondary N) is 2. The second-order valence-corrected chi connectivity index (χ2v) is 4.26. The molecule has 0 spiro atoms. The zero-order chi connectivity index (χ0) is 11.2. The molecule has 16 heavy (non-hydrogen) atoms. The zero-order valence-corrected chi connectivity index (χ0v) is 9.87. The van der Waals surface area contributed by atoms with E-state index in [1.165, 1.54) is 25.8 Å². The number of aromatic nitrogens is 2. The molecule has 0 radical (unpaired) electrons. The molecule has 1 fully saturated rings. The molecule has 2 N–H and O–H groups in total. The van der Waals surface area contributed by atoms with Crippen LogP contribution in [0, 0.1) is 0 Å². The maximum atomic E-state index is 4.21. The lowest BCUT2D eigenvalue weighted by Crippen LogP contribution is -2.24. The van der Waals surface area contributed by atoms with Gasteiger partial charge in [-0.15, -0.1) is 0 Å². The van der Waals surface area contributed by atoms with Crippen LogP contribution >= 0.6 is 0 Å². The van der Waals surface area contributed by atoms with Crippen molar-refractivity contribution < 1.29 is 0 Å². The Balaban J connectivity index is 1.75. The van der Waals surface area contributed by atoms with E-state index in [1.54, 1.807) is 6.33 Å². The first-order valence-electron chi connectivity index (χ1n) is 6.16. The largest absolute Gasteiger partial charge is 0.370 e. The molecule has 1 aliphatic rings. The van der Waals surface area contributed by atoms with Crippen LogP contribution in [0.2, 0.25) is 0 Å². The number of rotatable bonds is 5. The highest BCUT2D eigenvalue weighted by molar-refractivity contribution is 5.34. The summed E-state index contributed by atoms with van der Waals surface area (Å²) < 4.78 is 0. The van der Waals surface area contributed by atoms with Crippen molar-refractivity contribution in [1.29, 1.82) is 0 Å². The Kier molecular flexibility index (Phi) is 4.10. The van der Waals surface area contributed by atoms with E-state index in [0.717, 1.165) is 24.5 Å². The summed E-state index contributed by atoms with van der Waals surface area (Å²) in [6, 6.07) is 2.72. The third kappa shape index (κ3) is 3.17. The van der Waals surface area contributed by atoms with Gasteiger partial charge in [0.05, 0.1) is 0 Å². The first kappa shape index (κ1) is 11.3. The third-order valence-electron chi connectivity index (χ3n) is 3.05. The van der Waals surface area contributed by atoms with Gasteiger partial charge in [0.1, 0.15) is 12.1 Å². The summed E-state index contributed by atoms with van der Waals surface area (Å²) >= 11 is 0. The van der Waals surface area contributed by atoms with E-state index in [9.17, 15) is 0 Å². The van der Waals surface area contributed by atoms with Gasteiger partial charge in [-0.3, -0.25) is 0 Å². The minimum Gasteiger partial charge on any atom is -0.370 e. The Bertz CT molecular complexity index is 321. The minimum atomic E-state index is 0.694. The first-order chi connectivity index (χ1) is 7.88. The lowest BCUT2D eigenvalue weighted by Gasteiger charge is -2.11. The van der Waals surface area contributed by atoms with Gasteiger partial charge in [0.15, 0.2) is 0 Å². The number of aryl methyl sites for hydroxylation is 1. The molecule has 4 heteroatoms. The molecule has 1 unspecified atom stereocenters. The van der Waals surface area contributed by atoms with Crippen molar-refractivity contribution in [3.05, 3.63) is 18.1 Å². The summed E-state index contributed by atoms with van der Waals surface area (Å²) in [4.78, 5) is 8.39. The number of hydrogen-bond donors (Lipinski definition) is 2. The summed E-state index contributed by atoms with van der Waals surface area (Å²) in [6.45, 7) is 4.27. The zero-order valence-electron chi connectivity index (χ0n) is 9.87. The number of anilines is 1. The van der Waals surface area contributed by atoms with E-state index in [0.29, 0.717) is 6.04 Å². The van der Waals surface area contributed by atoms with E-state index >= 15 is 0 Å². The van der Waals surface area contributed by atoms with Crippen LogP contribution in [0.4, 0.5) is 5.82 Å². The SMILES string of the molecule is CCc1cc(NCCC2CCCN2)ncn1. The molecule has 0 saturated carbocycles. The van der Waals surface area contributed by atoms with Crippen molar-refractivity contribution in [1.82, 2.24) is 15.3 Å². The molecule has 88 valence electrons. The normalized spacial score (nSPS) is 19.9. The summed E-state index contributed by atoms with van der Waals surface area (Å²) in [5, 5.41) is 6.85. The van der Waals surface area contributed by atoms with Gasteiger partial charge < -0.3 is 10.6 Å². The Morgan fingerprint density at radius 3 is 3.19 bits per heavy atom. The third-order valence-corrected chi connectivity index (χ3v) is 3.05. The standard InChI is InChI=1S/C12H20N4/c1-2-10-8-12(16-9-15-10)14-7-5-11-4-3-6-13-11/h8-9,11,13H,2-7H2,1H3,(H,14,15,16). The van der Waals surface area contributed by atoms with Crippen molar-refractivity contribution >= 4 is 5.82 Å². The smallest absolute Gasteiger partial charge is 0.129 e. The highest BCUT2D eigenvalue weighted by Gasteiger charge is 2.12. The molecule has 2 rings (SSSR count). The van der Waals surface area contributed by atoms with Gasteiger partial charge in [-0.1, -0.05) is 6.92 Å². The number of nitrogens with zero attached hydrogens (tertiary/aromatic N) is 2. The van der Waals surface area contributed by atoms with Gasteiger partial charge >= 0.3 is 0 Å². The Labute approximate surface area is 96.9 Å². The highest BCUT2D eigenvalue weighted by atomic mass is 15.0. The first-order valence-corrected chi connectivity index (χ1v) is 6.16. The fourth-order valence-electron chi connectivity index (χ4n) is 2.07. The molecule has 0 bridgehead atoms. The Hall–Kier alpha value is -1.16. The molecule has 1 atom stereocenters. The summed E-state index contributed by atoms with van der Waals surface area (Å²) in [6.07, 6.45) is 6.39. The van der Waals surface area contributed by atoms with Crippen LogP contribution in [0.1, 0.15) is 31.9 Å². The molecule has 1 saturated heterocycles.